The normalized spacial score (nSPS) is 17.9. The van der Waals surface area contributed by atoms with Crippen LogP contribution in [0.2, 0.25) is 0 Å². The van der Waals surface area contributed by atoms with Gasteiger partial charge in [-0.3, -0.25) is 4.90 Å². The number of anilines is 1. The highest BCUT2D eigenvalue weighted by Crippen LogP contribution is 2.26. The Morgan fingerprint density at radius 3 is 2.74 bits per heavy atom. The quantitative estimate of drug-likeness (QED) is 0.753. The van der Waals surface area contributed by atoms with Gasteiger partial charge in [-0.2, -0.15) is 0 Å². The lowest BCUT2D eigenvalue weighted by Gasteiger charge is -2.24. The molecule has 0 amide bonds. The fourth-order valence-electron chi connectivity index (χ4n) is 2.05. The summed E-state index contributed by atoms with van der Waals surface area (Å²) in [4.78, 5) is 6.00. The van der Waals surface area contributed by atoms with Crippen LogP contribution in [0, 0.1) is 0 Å². The Bertz CT molecular complexity index is 530. The molecule has 0 saturated heterocycles. The van der Waals surface area contributed by atoms with Crippen molar-refractivity contribution in [2.45, 2.75) is 36.9 Å². The summed E-state index contributed by atoms with van der Waals surface area (Å²) in [6.45, 7) is 2.37. The topological polar surface area (TPSA) is 93.2 Å². The molecule has 108 valence electrons. The van der Waals surface area contributed by atoms with Crippen LogP contribution in [0.5, 0.6) is 0 Å². The molecule has 0 radical (unpaired) electrons. The van der Waals surface area contributed by atoms with Gasteiger partial charge in [0.2, 0.25) is 0 Å². The molecule has 19 heavy (non-hydrogen) atoms. The SMILES string of the molecule is CC(CNS(=O)(=O)c1c(N)ncn1C)N(C)C1CC1. The standard InChI is InChI=1S/C11H21N5O2S/c1-8(16(3)9-4-5-9)6-14-19(17,18)11-10(12)13-7-15(11)2/h7-9,14H,4-6,12H2,1-3H3. The zero-order valence-corrected chi connectivity index (χ0v) is 12.3. The number of imidazole rings is 1. The first-order valence-corrected chi connectivity index (χ1v) is 7.79. The molecule has 0 bridgehead atoms. The largest absolute Gasteiger partial charge is 0.381 e. The summed E-state index contributed by atoms with van der Waals surface area (Å²) < 4.78 is 28.4. The lowest BCUT2D eigenvalue weighted by Crippen LogP contribution is -2.41. The first-order chi connectivity index (χ1) is 8.83. The molecule has 1 aliphatic carbocycles. The molecular weight excluding hydrogens is 266 g/mol. The highest BCUT2D eigenvalue weighted by atomic mass is 32.2. The molecular formula is C11H21N5O2S. The van der Waals surface area contributed by atoms with Crippen molar-refractivity contribution in [3.63, 3.8) is 0 Å². The highest BCUT2D eigenvalue weighted by molar-refractivity contribution is 7.89. The predicted octanol–water partition coefficient (Wildman–Crippen LogP) is -0.237. The molecule has 1 aromatic rings. The lowest BCUT2D eigenvalue weighted by atomic mass is 10.3. The van der Waals surface area contributed by atoms with Crippen LogP contribution in [0.25, 0.3) is 0 Å². The Balaban J connectivity index is 2.02. The van der Waals surface area contributed by atoms with Gasteiger partial charge in [0.05, 0.1) is 6.33 Å². The number of nitrogens with one attached hydrogen (secondary N) is 1. The summed E-state index contributed by atoms with van der Waals surface area (Å²) >= 11 is 0. The average Bonchev–Trinajstić information content (AvgIpc) is 3.12. The van der Waals surface area contributed by atoms with Gasteiger partial charge in [-0.05, 0) is 26.8 Å². The van der Waals surface area contributed by atoms with E-state index in [9.17, 15) is 8.42 Å². The smallest absolute Gasteiger partial charge is 0.260 e. The van der Waals surface area contributed by atoms with Crippen molar-refractivity contribution in [2.24, 2.45) is 7.05 Å². The molecule has 1 atom stereocenters. The fraction of sp³-hybridized carbons (Fsp3) is 0.727. The van der Waals surface area contributed by atoms with Crippen LogP contribution in [-0.2, 0) is 17.1 Å². The van der Waals surface area contributed by atoms with E-state index in [0.29, 0.717) is 12.6 Å². The van der Waals surface area contributed by atoms with Gasteiger partial charge < -0.3 is 10.3 Å². The third kappa shape index (κ3) is 3.07. The molecule has 0 spiro atoms. The Labute approximate surface area is 113 Å². The minimum absolute atomic E-state index is 0.0220. The van der Waals surface area contributed by atoms with Crippen molar-refractivity contribution in [2.75, 3.05) is 19.3 Å². The van der Waals surface area contributed by atoms with Crippen LogP contribution in [0.15, 0.2) is 11.4 Å². The Morgan fingerprint density at radius 2 is 2.26 bits per heavy atom. The van der Waals surface area contributed by atoms with Crippen LogP contribution in [0.3, 0.4) is 0 Å². The predicted molar refractivity (Wildman–Crippen MR) is 73.1 cm³/mol. The van der Waals surface area contributed by atoms with Crippen LogP contribution >= 0.6 is 0 Å². The van der Waals surface area contributed by atoms with Gasteiger partial charge in [-0.1, -0.05) is 0 Å². The van der Waals surface area contributed by atoms with Crippen molar-refractivity contribution in [3.8, 4) is 0 Å². The summed E-state index contributed by atoms with van der Waals surface area (Å²) in [6, 6.07) is 0.748. The maximum Gasteiger partial charge on any atom is 0.260 e. The van der Waals surface area contributed by atoms with Gasteiger partial charge in [0.1, 0.15) is 0 Å². The van der Waals surface area contributed by atoms with Gasteiger partial charge in [0, 0.05) is 25.7 Å². The maximum atomic E-state index is 12.2. The minimum atomic E-state index is -3.61. The Kier molecular flexibility index (Phi) is 3.84. The van der Waals surface area contributed by atoms with E-state index in [1.54, 1.807) is 7.05 Å². The van der Waals surface area contributed by atoms with Gasteiger partial charge in [0.25, 0.3) is 10.0 Å². The number of likely N-dealkylation sites (N-methyl/N-ethyl adjacent to an activating group) is 1. The highest BCUT2D eigenvalue weighted by Gasteiger charge is 2.30. The lowest BCUT2D eigenvalue weighted by molar-refractivity contribution is 0.248. The number of aryl methyl sites for hydroxylation is 1. The number of sulfonamides is 1. The molecule has 1 unspecified atom stereocenters. The molecule has 3 N–H and O–H groups in total. The molecule has 1 aliphatic rings. The summed E-state index contributed by atoms with van der Waals surface area (Å²) in [5.74, 6) is 0.0261. The monoisotopic (exact) mass is 287 g/mol. The molecule has 1 aromatic heterocycles. The summed E-state index contributed by atoms with van der Waals surface area (Å²) in [6.07, 6.45) is 3.79. The maximum absolute atomic E-state index is 12.2. The first-order valence-electron chi connectivity index (χ1n) is 6.31. The minimum Gasteiger partial charge on any atom is -0.381 e. The molecule has 0 aromatic carbocycles. The molecule has 7 nitrogen and oxygen atoms in total. The number of rotatable bonds is 6. The van der Waals surface area contributed by atoms with Crippen molar-refractivity contribution >= 4 is 15.8 Å². The van der Waals surface area contributed by atoms with E-state index in [1.165, 1.54) is 23.7 Å². The van der Waals surface area contributed by atoms with Gasteiger partial charge >= 0.3 is 0 Å². The van der Waals surface area contributed by atoms with Gasteiger partial charge in [-0.15, -0.1) is 0 Å². The summed E-state index contributed by atoms with van der Waals surface area (Å²) in [7, 11) is 0.0183. The van der Waals surface area contributed by atoms with Crippen molar-refractivity contribution < 1.29 is 8.42 Å². The molecule has 8 heteroatoms. The van der Waals surface area contributed by atoms with E-state index in [2.05, 4.69) is 14.6 Å². The Morgan fingerprint density at radius 1 is 1.63 bits per heavy atom. The van der Waals surface area contributed by atoms with Gasteiger partial charge in [-0.25, -0.2) is 18.1 Å². The molecule has 2 rings (SSSR count). The number of hydrogen-bond acceptors (Lipinski definition) is 5. The zero-order valence-electron chi connectivity index (χ0n) is 11.5. The zero-order chi connectivity index (χ0) is 14.2. The molecule has 0 aliphatic heterocycles. The van der Waals surface area contributed by atoms with Crippen LogP contribution in [0.1, 0.15) is 19.8 Å². The van der Waals surface area contributed by atoms with Crippen molar-refractivity contribution in [1.29, 1.82) is 0 Å². The van der Waals surface area contributed by atoms with E-state index in [1.807, 2.05) is 14.0 Å². The van der Waals surface area contributed by atoms with Crippen LogP contribution in [-0.4, -0.2) is 48.5 Å². The third-order valence-electron chi connectivity index (χ3n) is 3.55. The number of hydrogen-bond donors (Lipinski definition) is 2. The molecule has 1 saturated carbocycles. The first kappa shape index (κ1) is 14.3. The van der Waals surface area contributed by atoms with Crippen molar-refractivity contribution in [1.82, 2.24) is 19.2 Å². The number of nitrogen functional groups attached to an aromatic ring is 1. The number of aromatic nitrogens is 2. The molecule has 1 fully saturated rings. The van der Waals surface area contributed by atoms with E-state index in [4.69, 9.17) is 5.73 Å². The van der Waals surface area contributed by atoms with E-state index >= 15 is 0 Å². The van der Waals surface area contributed by atoms with E-state index < -0.39 is 10.0 Å². The van der Waals surface area contributed by atoms with Crippen LogP contribution < -0.4 is 10.5 Å². The third-order valence-corrected chi connectivity index (χ3v) is 5.10. The fourth-order valence-corrected chi connectivity index (χ4v) is 3.40. The summed E-state index contributed by atoms with van der Waals surface area (Å²) in [5.41, 5.74) is 5.59. The average molecular weight is 287 g/mol. The van der Waals surface area contributed by atoms with E-state index in [0.717, 1.165) is 0 Å². The summed E-state index contributed by atoms with van der Waals surface area (Å²) in [5, 5.41) is 0.0220. The Hall–Kier alpha value is -1.12. The number of nitrogens with two attached hydrogens (primary N) is 1. The van der Waals surface area contributed by atoms with Crippen LogP contribution in [0.4, 0.5) is 5.82 Å². The second-order valence-corrected chi connectivity index (χ2v) is 6.83. The molecule has 1 heterocycles. The van der Waals surface area contributed by atoms with E-state index in [-0.39, 0.29) is 16.9 Å². The van der Waals surface area contributed by atoms with Crippen molar-refractivity contribution in [3.05, 3.63) is 6.33 Å². The number of nitrogens with zero attached hydrogens (tertiary/aromatic N) is 3. The second kappa shape index (κ2) is 5.10. The van der Waals surface area contributed by atoms with Gasteiger partial charge in [0.15, 0.2) is 10.8 Å². The second-order valence-electron chi connectivity index (χ2n) is 5.14.